The number of rotatable bonds is 3. The summed E-state index contributed by atoms with van der Waals surface area (Å²) in [6.45, 7) is 1.99. The van der Waals surface area contributed by atoms with Crippen LogP contribution in [0.25, 0.3) is 0 Å². The first-order chi connectivity index (χ1) is 7.70. The maximum Gasteiger partial charge on any atom is 0.352 e. The lowest BCUT2D eigenvalue weighted by atomic mass is 10.1. The largest absolute Gasteiger partial charge is 0.477 e. The van der Waals surface area contributed by atoms with Gasteiger partial charge in [0.2, 0.25) is 0 Å². The molecule has 0 aliphatic heterocycles. The third kappa shape index (κ3) is 1.84. The van der Waals surface area contributed by atoms with Crippen LogP contribution in [-0.2, 0) is 0 Å². The van der Waals surface area contributed by atoms with Crippen LogP contribution < -0.4 is 0 Å². The minimum absolute atomic E-state index is 0.0299. The van der Waals surface area contributed by atoms with Crippen LogP contribution in [0.3, 0.4) is 0 Å². The lowest BCUT2D eigenvalue weighted by Gasteiger charge is -2.16. The van der Waals surface area contributed by atoms with Gasteiger partial charge in [0.15, 0.2) is 0 Å². The van der Waals surface area contributed by atoms with Gasteiger partial charge in [-0.15, -0.1) is 0 Å². The minimum atomic E-state index is -0.896. The Morgan fingerprint density at radius 1 is 1.19 bits per heavy atom. The summed E-state index contributed by atoms with van der Waals surface area (Å²) in [6.07, 6.45) is 1.79. The van der Waals surface area contributed by atoms with Gasteiger partial charge in [0, 0.05) is 6.20 Å². The van der Waals surface area contributed by atoms with Gasteiger partial charge in [-0.1, -0.05) is 30.3 Å². The average Bonchev–Trinajstić information content (AvgIpc) is 2.78. The van der Waals surface area contributed by atoms with Crippen molar-refractivity contribution in [2.24, 2.45) is 0 Å². The molecular formula is C13H13NO2. The van der Waals surface area contributed by atoms with Crippen molar-refractivity contribution < 1.29 is 9.90 Å². The Morgan fingerprint density at radius 2 is 1.88 bits per heavy atom. The van der Waals surface area contributed by atoms with E-state index in [9.17, 15) is 4.79 Å². The SMILES string of the molecule is CC(c1ccccc1)n1cccc1C(=O)O. The molecule has 82 valence electrons. The van der Waals surface area contributed by atoms with Crippen molar-refractivity contribution in [1.29, 1.82) is 0 Å². The summed E-state index contributed by atoms with van der Waals surface area (Å²) in [5.41, 5.74) is 1.41. The summed E-state index contributed by atoms with van der Waals surface area (Å²) < 4.78 is 1.76. The fraction of sp³-hybridized carbons (Fsp3) is 0.154. The van der Waals surface area contributed by atoms with Gasteiger partial charge in [0.05, 0.1) is 6.04 Å². The number of carbonyl (C=O) groups is 1. The quantitative estimate of drug-likeness (QED) is 0.855. The highest BCUT2D eigenvalue weighted by Gasteiger charge is 2.14. The molecule has 1 N–H and O–H groups in total. The number of carboxylic acid groups (broad SMARTS) is 1. The van der Waals surface area contributed by atoms with E-state index in [0.29, 0.717) is 5.69 Å². The normalized spacial score (nSPS) is 12.3. The van der Waals surface area contributed by atoms with Crippen molar-refractivity contribution in [2.75, 3.05) is 0 Å². The summed E-state index contributed by atoms with van der Waals surface area (Å²) in [5, 5.41) is 9.03. The molecule has 0 saturated heterocycles. The van der Waals surface area contributed by atoms with Crippen LogP contribution in [0, 0.1) is 0 Å². The van der Waals surface area contributed by atoms with Crippen LogP contribution in [0.2, 0.25) is 0 Å². The number of nitrogens with zero attached hydrogens (tertiary/aromatic N) is 1. The van der Waals surface area contributed by atoms with Gasteiger partial charge in [-0.05, 0) is 24.6 Å². The molecule has 0 aliphatic carbocycles. The molecule has 1 aromatic carbocycles. The fourth-order valence-electron chi connectivity index (χ4n) is 1.80. The van der Waals surface area contributed by atoms with Gasteiger partial charge in [-0.2, -0.15) is 0 Å². The number of carboxylic acids is 1. The van der Waals surface area contributed by atoms with Gasteiger partial charge >= 0.3 is 5.97 Å². The zero-order chi connectivity index (χ0) is 11.5. The van der Waals surface area contributed by atoms with E-state index in [1.54, 1.807) is 22.9 Å². The predicted molar refractivity (Wildman–Crippen MR) is 61.6 cm³/mol. The second kappa shape index (κ2) is 4.23. The first-order valence-electron chi connectivity index (χ1n) is 5.15. The van der Waals surface area contributed by atoms with Gasteiger partial charge in [-0.3, -0.25) is 0 Å². The fourth-order valence-corrected chi connectivity index (χ4v) is 1.80. The second-order valence-corrected chi connectivity index (χ2v) is 3.69. The molecule has 0 spiro atoms. The molecule has 0 bridgehead atoms. The summed E-state index contributed by atoms with van der Waals surface area (Å²) in [4.78, 5) is 11.0. The maximum atomic E-state index is 11.0. The smallest absolute Gasteiger partial charge is 0.352 e. The summed E-state index contributed by atoms with van der Waals surface area (Å²) in [7, 11) is 0. The summed E-state index contributed by atoms with van der Waals surface area (Å²) >= 11 is 0. The van der Waals surface area contributed by atoms with E-state index in [4.69, 9.17) is 5.11 Å². The molecular weight excluding hydrogens is 202 g/mol. The van der Waals surface area contributed by atoms with Crippen LogP contribution >= 0.6 is 0 Å². The van der Waals surface area contributed by atoms with Crippen molar-refractivity contribution in [1.82, 2.24) is 4.57 Å². The van der Waals surface area contributed by atoms with E-state index in [1.165, 1.54) is 0 Å². The first-order valence-corrected chi connectivity index (χ1v) is 5.15. The highest BCUT2D eigenvalue weighted by atomic mass is 16.4. The van der Waals surface area contributed by atoms with Gasteiger partial charge in [0.1, 0.15) is 5.69 Å². The number of benzene rings is 1. The highest BCUT2D eigenvalue weighted by Crippen LogP contribution is 2.19. The zero-order valence-electron chi connectivity index (χ0n) is 9.00. The Bertz CT molecular complexity index is 488. The Labute approximate surface area is 94.0 Å². The van der Waals surface area contributed by atoms with Gasteiger partial charge < -0.3 is 9.67 Å². The number of hydrogen-bond acceptors (Lipinski definition) is 1. The predicted octanol–water partition coefficient (Wildman–Crippen LogP) is 2.80. The molecule has 1 heterocycles. The van der Waals surface area contributed by atoms with Crippen molar-refractivity contribution in [3.8, 4) is 0 Å². The Morgan fingerprint density at radius 3 is 2.50 bits per heavy atom. The van der Waals surface area contributed by atoms with Gasteiger partial charge in [0.25, 0.3) is 0 Å². The molecule has 0 fully saturated rings. The molecule has 3 nitrogen and oxygen atoms in total. The topological polar surface area (TPSA) is 42.2 Å². The molecule has 0 aliphatic rings. The summed E-state index contributed by atoms with van der Waals surface area (Å²) in [6, 6.07) is 13.2. The van der Waals surface area contributed by atoms with E-state index >= 15 is 0 Å². The second-order valence-electron chi connectivity index (χ2n) is 3.69. The monoisotopic (exact) mass is 215 g/mol. The molecule has 1 aromatic heterocycles. The molecule has 3 heteroatoms. The van der Waals surface area contributed by atoms with Crippen LogP contribution in [0.5, 0.6) is 0 Å². The Kier molecular flexibility index (Phi) is 2.77. The van der Waals surface area contributed by atoms with Crippen molar-refractivity contribution in [3.05, 3.63) is 59.9 Å². The van der Waals surface area contributed by atoms with E-state index in [1.807, 2.05) is 37.3 Å². The van der Waals surface area contributed by atoms with E-state index < -0.39 is 5.97 Å². The third-order valence-corrected chi connectivity index (χ3v) is 2.70. The standard InChI is InChI=1S/C13H13NO2/c1-10(11-6-3-2-4-7-11)14-9-5-8-12(14)13(15)16/h2-10H,1H3,(H,15,16). The lowest BCUT2D eigenvalue weighted by molar-refractivity contribution is 0.0684. The van der Waals surface area contributed by atoms with E-state index in [0.717, 1.165) is 5.56 Å². The van der Waals surface area contributed by atoms with Crippen LogP contribution in [-0.4, -0.2) is 15.6 Å². The highest BCUT2D eigenvalue weighted by molar-refractivity contribution is 5.85. The van der Waals surface area contributed by atoms with E-state index in [-0.39, 0.29) is 6.04 Å². The molecule has 1 atom stereocenters. The first kappa shape index (κ1) is 10.5. The Balaban J connectivity index is 2.38. The molecule has 1 unspecified atom stereocenters. The van der Waals surface area contributed by atoms with Crippen molar-refractivity contribution in [2.45, 2.75) is 13.0 Å². The van der Waals surface area contributed by atoms with Crippen LogP contribution in [0.4, 0.5) is 0 Å². The molecule has 16 heavy (non-hydrogen) atoms. The number of hydrogen-bond donors (Lipinski definition) is 1. The van der Waals surface area contributed by atoms with Crippen LogP contribution in [0.1, 0.15) is 29.0 Å². The Hall–Kier alpha value is -2.03. The number of aromatic carboxylic acids is 1. The third-order valence-electron chi connectivity index (χ3n) is 2.70. The molecule has 0 radical (unpaired) electrons. The van der Waals surface area contributed by atoms with Crippen LogP contribution in [0.15, 0.2) is 48.7 Å². The molecule has 2 rings (SSSR count). The maximum absolute atomic E-state index is 11.0. The molecule has 0 amide bonds. The van der Waals surface area contributed by atoms with Gasteiger partial charge in [-0.25, -0.2) is 4.79 Å². The minimum Gasteiger partial charge on any atom is -0.477 e. The number of aromatic nitrogens is 1. The zero-order valence-corrected chi connectivity index (χ0v) is 9.00. The van der Waals surface area contributed by atoms with Crippen molar-refractivity contribution >= 4 is 5.97 Å². The summed E-state index contributed by atoms with van der Waals surface area (Å²) in [5.74, 6) is -0.896. The van der Waals surface area contributed by atoms with E-state index in [2.05, 4.69) is 0 Å². The molecule has 2 aromatic rings. The molecule has 0 saturated carbocycles. The van der Waals surface area contributed by atoms with Crippen molar-refractivity contribution in [3.63, 3.8) is 0 Å². The average molecular weight is 215 g/mol. The lowest BCUT2D eigenvalue weighted by Crippen LogP contribution is -2.12.